The van der Waals surface area contributed by atoms with Crippen molar-refractivity contribution in [3.63, 3.8) is 0 Å². The summed E-state index contributed by atoms with van der Waals surface area (Å²) >= 11 is 5.93. The summed E-state index contributed by atoms with van der Waals surface area (Å²) in [5.74, 6) is 0.169. The van der Waals surface area contributed by atoms with Crippen molar-refractivity contribution in [3.8, 4) is 0 Å². The number of aromatic nitrogens is 1. The van der Waals surface area contributed by atoms with Gasteiger partial charge >= 0.3 is 0 Å². The van der Waals surface area contributed by atoms with Crippen LogP contribution in [0, 0.1) is 0 Å². The van der Waals surface area contributed by atoms with Crippen molar-refractivity contribution in [1.82, 2.24) is 9.88 Å². The van der Waals surface area contributed by atoms with E-state index in [1.165, 1.54) is 0 Å². The molecule has 0 unspecified atom stereocenters. The number of hydrogen-bond acceptors (Lipinski definition) is 4. The Morgan fingerprint density at radius 1 is 1.19 bits per heavy atom. The number of benzene rings is 1. The summed E-state index contributed by atoms with van der Waals surface area (Å²) in [6.45, 7) is 3.15. The lowest BCUT2D eigenvalue weighted by atomic mass is 10.2. The summed E-state index contributed by atoms with van der Waals surface area (Å²) in [5, 5.41) is 3.46. The largest absolute Gasteiger partial charge is 0.370 e. The number of pyridine rings is 1. The number of piperazine rings is 1. The fourth-order valence-corrected chi connectivity index (χ4v) is 2.86. The van der Waals surface area contributed by atoms with E-state index in [2.05, 4.69) is 20.2 Å². The van der Waals surface area contributed by atoms with E-state index in [-0.39, 0.29) is 12.5 Å². The third-order valence-corrected chi connectivity index (χ3v) is 4.38. The lowest BCUT2D eigenvalue weighted by Gasteiger charge is -2.36. The Labute approximate surface area is 157 Å². The summed E-state index contributed by atoms with van der Waals surface area (Å²) in [5.41, 5.74) is 7.82. The average Bonchev–Trinajstić information content (AvgIpc) is 2.68. The van der Waals surface area contributed by atoms with Gasteiger partial charge in [0, 0.05) is 43.1 Å². The molecule has 1 aliphatic rings. The fraction of sp³-hybridized carbons (Fsp3) is 0.278. The molecule has 0 spiro atoms. The number of halogens is 1. The molecule has 0 atom stereocenters. The van der Waals surface area contributed by atoms with Gasteiger partial charge in [0.05, 0.1) is 11.9 Å². The van der Waals surface area contributed by atoms with Crippen molar-refractivity contribution < 1.29 is 4.79 Å². The van der Waals surface area contributed by atoms with Crippen molar-refractivity contribution in [1.29, 1.82) is 0 Å². The van der Waals surface area contributed by atoms with Crippen molar-refractivity contribution in [2.45, 2.75) is 0 Å². The molecule has 1 aromatic heterocycles. The summed E-state index contributed by atoms with van der Waals surface area (Å²) < 4.78 is 0. The van der Waals surface area contributed by atoms with Gasteiger partial charge < -0.3 is 20.9 Å². The Bertz CT molecular complexity index is 757. The van der Waals surface area contributed by atoms with Crippen LogP contribution < -0.4 is 16.0 Å². The van der Waals surface area contributed by atoms with E-state index in [1.807, 2.05) is 29.2 Å². The Morgan fingerprint density at radius 2 is 1.92 bits per heavy atom. The number of amides is 1. The van der Waals surface area contributed by atoms with E-state index in [1.54, 1.807) is 24.5 Å². The molecular weight excluding hydrogens is 352 g/mol. The minimum Gasteiger partial charge on any atom is -0.370 e. The maximum absolute atomic E-state index is 11.9. The molecule has 0 radical (unpaired) electrons. The molecule has 1 aromatic carbocycles. The van der Waals surface area contributed by atoms with E-state index >= 15 is 0 Å². The normalized spacial score (nSPS) is 15.0. The van der Waals surface area contributed by atoms with E-state index in [0.29, 0.717) is 11.6 Å². The molecule has 2 heterocycles. The number of guanidine groups is 1. The molecule has 26 heavy (non-hydrogen) atoms. The highest BCUT2D eigenvalue weighted by atomic mass is 35.5. The number of nitrogens with zero attached hydrogens (tertiary/aromatic N) is 4. The van der Waals surface area contributed by atoms with Crippen molar-refractivity contribution in [2.75, 3.05) is 42.9 Å². The molecule has 2 aromatic rings. The highest BCUT2D eigenvalue weighted by Crippen LogP contribution is 2.19. The minimum absolute atomic E-state index is 0.0157. The van der Waals surface area contributed by atoms with Crippen LogP contribution in [0.4, 0.5) is 11.4 Å². The van der Waals surface area contributed by atoms with Gasteiger partial charge in [-0.25, -0.2) is 4.99 Å². The molecule has 1 amide bonds. The Balaban J connectivity index is 1.48. The second kappa shape index (κ2) is 8.53. The maximum atomic E-state index is 11.9. The van der Waals surface area contributed by atoms with Crippen LogP contribution in [0.25, 0.3) is 0 Å². The van der Waals surface area contributed by atoms with Gasteiger partial charge in [-0.2, -0.15) is 0 Å². The monoisotopic (exact) mass is 372 g/mol. The number of anilines is 2. The number of hydrogen-bond donors (Lipinski definition) is 2. The molecule has 0 saturated carbocycles. The van der Waals surface area contributed by atoms with Gasteiger partial charge in [0.1, 0.15) is 6.54 Å². The highest BCUT2D eigenvalue weighted by Gasteiger charge is 2.18. The topological polar surface area (TPSA) is 86.8 Å². The molecule has 3 N–H and O–H groups in total. The van der Waals surface area contributed by atoms with Gasteiger partial charge in [-0.3, -0.25) is 9.78 Å². The van der Waals surface area contributed by atoms with Gasteiger partial charge in [-0.1, -0.05) is 11.6 Å². The van der Waals surface area contributed by atoms with E-state index in [9.17, 15) is 4.79 Å². The van der Waals surface area contributed by atoms with Crippen LogP contribution in [0.3, 0.4) is 0 Å². The molecule has 7 nitrogen and oxygen atoms in total. The van der Waals surface area contributed by atoms with Crippen molar-refractivity contribution in [2.24, 2.45) is 10.7 Å². The van der Waals surface area contributed by atoms with Crippen LogP contribution in [-0.4, -0.2) is 54.5 Å². The fourth-order valence-electron chi connectivity index (χ4n) is 2.74. The number of aliphatic imine (C=N–C) groups is 1. The smallest absolute Gasteiger partial charge is 0.246 e. The second-order valence-corrected chi connectivity index (χ2v) is 6.35. The zero-order chi connectivity index (χ0) is 18.4. The molecule has 0 aliphatic carbocycles. The Kier molecular flexibility index (Phi) is 5.91. The van der Waals surface area contributed by atoms with Crippen LogP contribution in [0.1, 0.15) is 0 Å². The second-order valence-electron chi connectivity index (χ2n) is 5.91. The molecular formula is C18H21ClN6O. The first-order chi connectivity index (χ1) is 12.6. The summed E-state index contributed by atoms with van der Waals surface area (Å²) in [6, 6.07) is 11.3. The summed E-state index contributed by atoms with van der Waals surface area (Å²) in [4.78, 5) is 24.3. The lowest BCUT2D eigenvalue weighted by Crippen LogP contribution is -2.51. The van der Waals surface area contributed by atoms with Crippen LogP contribution >= 0.6 is 11.6 Å². The lowest BCUT2D eigenvalue weighted by molar-refractivity contribution is -0.114. The quantitative estimate of drug-likeness (QED) is 0.631. The number of nitrogens with two attached hydrogens (primary N) is 1. The molecule has 136 valence electrons. The number of rotatable bonds is 4. The SMILES string of the molecule is NC(=NCC(=O)Nc1cccnc1)N1CCN(c2ccc(Cl)cc2)CC1. The summed E-state index contributed by atoms with van der Waals surface area (Å²) in [7, 11) is 0. The first-order valence-electron chi connectivity index (χ1n) is 8.37. The maximum Gasteiger partial charge on any atom is 0.246 e. The number of nitrogens with one attached hydrogen (secondary N) is 1. The van der Waals surface area contributed by atoms with Crippen LogP contribution in [-0.2, 0) is 4.79 Å². The first-order valence-corrected chi connectivity index (χ1v) is 8.75. The zero-order valence-electron chi connectivity index (χ0n) is 14.3. The van der Waals surface area contributed by atoms with Crippen molar-refractivity contribution >= 4 is 34.8 Å². The van der Waals surface area contributed by atoms with Crippen LogP contribution in [0.2, 0.25) is 5.02 Å². The Morgan fingerprint density at radius 3 is 2.58 bits per heavy atom. The highest BCUT2D eigenvalue weighted by molar-refractivity contribution is 6.30. The van der Waals surface area contributed by atoms with Gasteiger partial charge in [0.2, 0.25) is 5.91 Å². The van der Waals surface area contributed by atoms with E-state index < -0.39 is 0 Å². The molecule has 1 fully saturated rings. The van der Waals surface area contributed by atoms with Gasteiger partial charge in [-0.05, 0) is 36.4 Å². The number of carbonyl (C=O) groups is 1. The molecule has 1 aliphatic heterocycles. The third-order valence-electron chi connectivity index (χ3n) is 4.13. The minimum atomic E-state index is -0.222. The van der Waals surface area contributed by atoms with Crippen LogP contribution in [0.5, 0.6) is 0 Å². The molecule has 0 bridgehead atoms. The standard InChI is InChI=1S/C18H21ClN6O/c19-14-3-5-16(6-4-14)24-8-10-25(11-9-24)18(20)22-13-17(26)23-15-2-1-7-21-12-15/h1-7,12H,8-11,13H2,(H2,20,22)(H,23,26). The zero-order valence-corrected chi connectivity index (χ0v) is 15.1. The van der Waals surface area contributed by atoms with Crippen LogP contribution in [0.15, 0.2) is 53.8 Å². The molecule has 8 heteroatoms. The van der Waals surface area contributed by atoms with Crippen molar-refractivity contribution in [3.05, 3.63) is 53.8 Å². The predicted octanol–water partition coefficient (Wildman–Crippen LogP) is 1.81. The van der Waals surface area contributed by atoms with Gasteiger partial charge in [0.25, 0.3) is 0 Å². The third kappa shape index (κ3) is 4.86. The molecule has 1 saturated heterocycles. The van der Waals surface area contributed by atoms with Gasteiger partial charge in [-0.15, -0.1) is 0 Å². The first kappa shape index (κ1) is 18.0. The van der Waals surface area contributed by atoms with Gasteiger partial charge in [0.15, 0.2) is 5.96 Å². The average molecular weight is 373 g/mol. The summed E-state index contributed by atoms with van der Waals surface area (Å²) in [6.07, 6.45) is 3.23. The molecule has 3 rings (SSSR count). The predicted molar refractivity (Wildman–Crippen MR) is 105 cm³/mol. The number of carbonyl (C=O) groups excluding carboxylic acids is 1. The van der Waals surface area contributed by atoms with E-state index in [0.717, 1.165) is 36.9 Å². The Hall–Kier alpha value is -2.80. The van der Waals surface area contributed by atoms with E-state index in [4.69, 9.17) is 17.3 Å².